The Hall–Kier alpha value is -2.37. The number of amides is 2. The molecular weight excluding hydrogens is 316 g/mol. The summed E-state index contributed by atoms with van der Waals surface area (Å²) >= 11 is 6.12. The molecule has 3 rings (SSSR count). The highest BCUT2D eigenvalue weighted by molar-refractivity contribution is 6.31. The van der Waals surface area contributed by atoms with Gasteiger partial charge >= 0.3 is 0 Å². The zero-order chi connectivity index (χ0) is 16.4. The molecule has 0 N–H and O–H groups in total. The van der Waals surface area contributed by atoms with E-state index in [1.165, 1.54) is 16.9 Å². The van der Waals surface area contributed by atoms with Crippen LogP contribution < -0.4 is 9.80 Å². The normalized spacial score (nSPS) is 14.7. The number of carbonyl (C=O) groups excluding carboxylic acids is 2. The number of anilines is 3. The van der Waals surface area contributed by atoms with Gasteiger partial charge in [-0.15, -0.1) is 0 Å². The van der Waals surface area contributed by atoms with Crippen molar-refractivity contribution in [3.63, 3.8) is 0 Å². The molecule has 6 heteroatoms. The van der Waals surface area contributed by atoms with Gasteiger partial charge in [0.05, 0.1) is 11.4 Å². The van der Waals surface area contributed by atoms with Crippen molar-refractivity contribution in [2.75, 3.05) is 23.6 Å². The van der Waals surface area contributed by atoms with E-state index >= 15 is 0 Å². The minimum Gasteiger partial charge on any atom is -0.364 e. The fourth-order valence-electron chi connectivity index (χ4n) is 2.61. The van der Waals surface area contributed by atoms with Crippen molar-refractivity contribution in [2.24, 2.45) is 0 Å². The molecule has 0 unspecified atom stereocenters. The molecule has 2 amide bonds. The monoisotopic (exact) mass is 330 g/mol. The molecule has 23 heavy (non-hydrogen) atoms. The van der Waals surface area contributed by atoms with Crippen molar-refractivity contribution in [1.29, 1.82) is 0 Å². The average molecular weight is 331 g/mol. The van der Waals surface area contributed by atoms with Gasteiger partial charge in [0.1, 0.15) is 13.2 Å². The van der Waals surface area contributed by atoms with Gasteiger partial charge in [-0.25, -0.2) is 0 Å². The number of ether oxygens (including phenoxy) is 1. The standard InChI is InChI=1S/C17H15ClN2O3/c1-23-11-19-14-8-7-12(18)9-15(14)20(17(22)10-16(19)21)13-5-3-2-4-6-13/h2-9H,10-11H2,1H3. The zero-order valence-corrected chi connectivity index (χ0v) is 13.3. The quantitative estimate of drug-likeness (QED) is 0.811. The second-order valence-corrected chi connectivity index (χ2v) is 5.55. The van der Waals surface area contributed by atoms with Crippen LogP contribution >= 0.6 is 11.6 Å². The maximum Gasteiger partial charge on any atom is 0.241 e. The highest BCUT2D eigenvalue weighted by Crippen LogP contribution is 2.39. The van der Waals surface area contributed by atoms with Crippen LogP contribution in [0.4, 0.5) is 17.1 Å². The Bertz CT molecular complexity index is 749. The number of carbonyl (C=O) groups is 2. The van der Waals surface area contributed by atoms with Crippen molar-refractivity contribution in [3.05, 3.63) is 53.6 Å². The Kier molecular flexibility index (Phi) is 4.32. The third kappa shape index (κ3) is 2.93. The second-order valence-electron chi connectivity index (χ2n) is 5.11. The number of fused-ring (bicyclic) bond motifs is 1. The number of hydrogen-bond donors (Lipinski definition) is 0. The smallest absolute Gasteiger partial charge is 0.241 e. The molecule has 0 aromatic heterocycles. The lowest BCUT2D eigenvalue weighted by Gasteiger charge is -2.25. The molecule has 0 fully saturated rings. The van der Waals surface area contributed by atoms with E-state index in [1.54, 1.807) is 18.2 Å². The van der Waals surface area contributed by atoms with Crippen LogP contribution in [0, 0.1) is 0 Å². The molecular formula is C17H15ClN2O3. The van der Waals surface area contributed by atoms with Crippen LogP contribution in [-0.2, 0) is 14.3 Å². The van der Waals surface area contributed by atoms with Crippen LogP contribution in [0.3, 0.4) is 0 Å². The molecule has 5 nitrogen and oxygen atoms in total. The first-order valence-corrected chi connectivity index (χ1v) is 7.46. The van der Waals surface area contributed by atoms with Crippen LogP contribution in [-0.4, -0.2) is 25.7 Å². The molecule has 0 radical (unpaired) electrons. The van der Waals surface area contributed by atoms with E-state index in [9.17, 15) is 9.59 Å². The summed E-state index contributed by atoms with van der Waals surface area (Å²) in [5.74, 6) is -0.609. The molecule has 1 aliphatic heterocycles. The predicted molar refractivity (Wildman–Crippen MR) is 89.0 cm³/mol. The van der Waals surface area contributed by atoms with Crippen LogP contribution in [0.5, 0.6) is 0 Å². The molecule has 1 aliphatic rings. The highest BCUT2D eigenvalue weighted by atomic mass is 35.5. The molecule has 0 spiro atoms. The second kappa shape index (κ2) is 6.40. The first-order chi connectivity index (χ1) is 11.1. The Labute approximate surface area is 139 Å². The number of nitrogens with zero attached hydrogens (tertiary/aromatic N) is 2. The first kappa shape index (κ1) is 15.5. The lowest BCUT2D eigenvalue weighted by Crippen LogP contribution is -2.33. The van der Waals surface area contributed by atoms with Gasteiger partial charge in [0, 0.05) is 17.8 Å². The van der Waals surface area contributed by atoms with Crippen molar-refractivity contribution in [2.45, 2.75) is 6.42 Å². The van der Waals surface area contributed by atoms with Gasteiger partial charge < -0.3 is 4.74 Å². The first-order valence-electron chi connectivity index (χ1n) is 7.08. The molecule has 0 saturated heterocycles. The van der Waals surface area contributed by atoms with Gasteiger partial charge in [0.25, 0.3) is 0 Å². The zero-order valence-electron chi connectivity index (χ0n) is 12.5. The molecule has 0 atom stereocenters. The van der Waals surface area contributed by atoms with Crippen molar-refractivity contribution < 1.29 is 14.3 Å². The molecule has 2 aromatic carbocycles. The van der Waals surface area contributed by atoms with Crippen LogP contribution in [0.15, 0.2) is 48.5 Å². The number of halogens is 1. The molecule has 0 aliphatic carbocycles. The van der Waals surface area contributed by atoms with Gasteiger partial charge in [-0.05, 0) is 30.3 Å². The van der Waals surface area contributed by atoms with Gasteiger partial charge in [0.15, 0.2) is 0 Å². The van der Waals surface area contributed by atoms with Gasteiger partial charge in [-0.1, -0.05) is 29.8 Å². The molecule has 0 saturated carbocycles. The lowest BCUT2D eigenvalue weighted by atomic mass is 10.2. The Morgan fingerprint density at radius 3 is 2.48 bits per heavy atom. The van der Waals surface area contributed by atoms with Crippen molar-refractivity contribution >= 4 is 40.5 Å². The van der Waals surface area contributed by atoms with E-state index in [1.807, 2.05) is 30.3 Å². The number of methoxy groups -OCH3 is 1. The molecule has 1 heterocycles. The third-order valence-electron chi connectivity index (χ3n) is 3.59. The topological polar surface area (TPSA) is 49.9 Å². The summed E-state index contributed by atoms with van der Waals surface area (Å²) in [4.78, 5) is 28.0. The summed E-state index contributed by atoms with van der Waals surface area (Å²) < 4.78 is 5.11. The molecule has 0 bridgehead atoms. The summed E-state index contributed by atoms with van der Waals surface area (Å²) in [5, 5.41) is 0.490. The van der Waals surface area contributed by atoms with Crippen molar-refractivity contribution in [3.8, 4) is 0 Å². The van der Waals surface area contributed by atoms with E-state index in [-0.39, 0.29) is 25.0 Å². The highest BCUT2D eigenvalue weighted by Gasteiger charge is 2.32. The SMILES string of the molecule is COCN1C(=O)CC(=O)N(c2ccccc2)c2cc(Cl)ccc21. The van der Waals surface area contributed by atoms with Crippen LogP contribution in [0.1, 0.15) is 6.42 Å². The van der Waals surface area contributed by atoms with Crippen LogP contribution in [0.25, 0.3) is 0 Å². The number of rotatable bonds is 3. The van der Waals surface area contributed by atoms with E-state index in [4.69, 9.17) is 16.3 Å². The maximum atomic E-state index is 12.6. The summed E-state index contributed by atoms with van der Waals surface area (Å²) in [6, 6.07) is 14.3. The molecule has 118 valence electrons. The van der Waals surface area contributed by atoms with Gasteiger partial charge in [-0.3, -0.25) is 19.4 Å². The predicted octanol–water partition coefficient (Wildman–Crippen LogP) is 3.35. The largest absolute Gasteiger partial charge is 0.364 e. The number of hydrogen-bond acceptors (Lipinski definition) is 3. The van der Waals surface area contributed by atoms with Gasteiger partial charge in [0.2, 0.25) is 11.8 Å². The van der Waals surface area contributed by atoms with Crippen molar-refractivity contribution in [1.82, 2.24) is 0 Å². The Balaban J connectivity index is 2.20. The fourth-order valence-corrected chi connectivity index (χ4v) is 2.77. The van der Waals surface area contributed by atoms with E-state index in [2.05, 4.69) is 0 Å². The Morgan fingerprint density at radius 1 is 1.04 bits per heavy atom. The summed E-state index contributed by atoms with van der Waals surface area (Å²) in [5.41, 5.74) is 1.85. The third-order valence-corrected chi connectivity index (χ3v) is 3.83. The van der Waals surface area contributed by atoms with E-state index in [0.717, 1.165) is 0 Å². The van der Waals surface area contributed by atoms with Crippen LogP contribution in [0.2, 0.25) is 5.02 Å². The average Bonchev–Trinajstić information content (AvgIpc) is 2.63. The Morgan fingerprint density at radius 2 is 1.78 bits per heavy atom. The fraction of sp³-hybridized carbons (Fsp3) is 0.176. The molecule has 2 aromatic rings. The number of para-hydroxylation sites is 1. The minimum absolute atomic E-state index is 0.0728. The van der Waals surface area contributed by atoms with E-state index < -0.39 is 0 Å². The summed E-state index contributed by atoms with van der Waals surface area (Å²) in [7, 11) is 1.50. The van der Waals surface area contributed by atoms with E-state index in [0.29, 0.717) is 22.1 Å². The maximum absolute atomic E-state index is 12.6. The van der Waals surface area contributed by atoms with Gasteiger partial charge in [-0.2, -0.15) is 0 Å². The minimum atomic E-state index is -0.307. The number of benzene rings is 2. The summed E-state index contributed by atoms with van der Waals surface area (Å²) in [6.07, 6.45) is -0.232. The lowest BCUT2D eigenvalue weighted by molar-refractivity contribution is -0.126. The summed E-state index contributed by atoms with van der Waals surface area (Å²) in [6.45, 7) is 0.0728.